The van der Waals surface area contributed by atoms with E-state index in [-0.39, 0.29) is 0 Å². The predicted octanol–water partition coefficient (Wildman–Crippen LogP) is 4.09. The highest BCUT2D eigenvalue weighted by Gasteiger charge is 2.20. The molecule has 2 aromatic rings. The van der Waals surface area contributed by atoms with Crippen molar-refractivity contribution in [2.24, 2.45) is 0 Å². The number of hydrogen-bond acceptors (Lipinski definition) is 2. The molecule has 0 aliphatic carbocycles. The minimum absolute atomic E-state index is 0.345. The smallest absolute Gasteiger partial charge is 0.335 e. The number of rotatable bonds is 2. The van der Waals surface area contributed by atoms with Crippen LogP contribution in [-0.4, -0.2) is 17.6 Å². The van der Waals surface area contributed by atoms with Crippen molar-refractivity contribution >= 4 is 17.3 Å². The number of benzene rings is 2. The van der Waals surface area contributed by atoms with Gasteiger partial charge in [-0.25, -0.2) is 4.79 Å². The van der Waals surface area contributed by atoms with Gasteiger partial charge in [0.05, 0.1) is 5.56 Å². The van der Waals surface area contributed by atoms with Crippen LogP contribution in [0, 0.1) is 13.8 Å². The van der Waals surface area contributed by atoms with Gasteiger partial charge < -0.3 is 10.0 Å². The highest BCUT2D eigenvalue weighted by atomic mass is 16.4. The topological polar surface area (TPSA) is 40.5 Å². The lowest BCUT2D eigenvalue weighted by molar-refractivity contribution is 0.0697. The number of carboxylic acid groups (broad SMARTS) is 1. The Morgan fingerprint density at radius 3 is 2.57 bits per heavy atom. The summed E-state index contributed by atoms with van der Waals surface area (Å²) in [5, 5.41) is 9.09. The lowest BCUT2D eigenvalue weighted by atomic mass is 9.98. The van der Waals surface area contributed by atoms with E-state index in [4.69, 9.17) is 5.11 Å². The normalized spacial score (nSPS) is 13.9. The van der Waals surface area contributed by atoms with E-state index in [2.05, 4.69) is 30.0 Å². The zero-order valence-corrected chi connectivity index (χ0v) is 12.4. The zero-order chi connectivity index (χ0) is 15.0. The molecule has 3 rings (SSSR count). The van der Waals surface area contributed by atoms with Crippen LogP contribution < -0.4 is 4.90 Å². The average molecular weight is 281 g/mol. The van der Waals surface area contributed by atoms with Crippen LogP contribution >= 0.6 is 0 Å². The van der Waals surface area contributed by atoms with Gasteiger partial charge in [-0.1, -0.05) is 17.7 Å². The third-order valence-corrected chi connectivity index (χ3v) is 4.09. The van der Waals surface area contributed by atoms with Crippen LogP contribution in [0.1, 0.15) is 33.5 Å². The number of fused-ring (bicyclic) bond motifs is 1. The average Bonchev–Trinajstić information content (AvgIpc) is 2.46. The van der Waals surface area contributed by atoms with Crippen LogP contribution in [0.4, 0.5) is 11.4 Å². The number of hydrogen-bond donors (Lipinski definition) is 1. The van der Waals surface area contributed by atoms with E-state index in [1.807, 2.05) is 13.0 Å². The fourth-order valence-corrected chi connectivity index (χ4v) is 3.07. The molecular weight excluding hydrogens is 262 g/mol. The molecule has 2 aromatic carbocycles. The predicted molar refractivity (Wildman–Crippen MR) is 84.6 cm³/mol. The number of nitrogens with zero attached hydrogens (tertiary/aromatic N) is 1. The van der Waals surface area contributed by atoms with Crippen molar-refractivity contribution in [3.63, 3.8) is 0 Å². The molecule has 1 aliphatic heterocycles. The molecule has 108 valence electrons. The van der Waals surface area contributed by atoms with Gasteiger partial charge in [0.25, 0.3) is 0 Å². The summed E-state index contributed by atoms with van der Waals surface area (Å²) in [6.45, 7) is 5.07. The van der Waals surface area contributed by atoms with Gasteiger partial charge in [-0.2, -0.15) is 0 Å². The van der Waals surface area contributed by atoms with Crippen molar-refractivity contribution in [3.8, 4) is 0 Å². The monoisotopic (exact) mass is 281 g/mol. The van der Waals surface area contributed by atoms with Crippen LogP contribution in [0.3, 0.4) is 0 Å². The molecule has 0 bridgehead atoms. The van der Waals surface area contributed by atoms with Gasteiger partial charge in [0.2, 0.25) is 0 Å². The third kappa shape index (κ3) is 2.51. The second-order valence-corrected chi connectivity index (χ2v) is 5.69. The van der Waals surface area contributed by atoms with E-state index in [0.717, 1.165) is 30.6 Å². The zero-order valence-electron chi connectivity index (χ0n) is 12.4. The van der Waals surface area contributed by atoms with E-state index in [9.17, 15) is 4.79 Å². The van der Waals surface area contributed by atoms with Gasteiger partial charge in [0.15, 0.2) is 0 Å². The van der Waals surface area contributed by atoms with E-state index in [0.29, 0.717) is 5.56 Å². The molecule has 1 heterocycles. The molecule has 0 radical (unpaired) electrons. The molecular formula is C18H19NO2. The molecule has 3 heteroatoms. The number of anilines is 2. The summed E-state index contributed by atoms with van der Waals surface area (Å²) >= 11 is 0. The Kier molecular flexibility index (Phi) is 3.42. The van der Waals surface area contributed by atoms with E-state index in [1.165, 1.54) is 16.8 Å². The van der Waals surface area contributed by atoms with Crippen molar-refractivity contribution in [1.29, 1.82) is 0 Å². The summed E-state index contributed by atoms with van der Waals surface area (Å²) in [5.41, 5.74) is 6.36. The summed E-state index contributed by atoms with van der Waals surface area (Å²) < 4.78 is 0. The van der Waals surface area contributed by atoms with Gasteiger partial charge in [0.1, 0.15) is 0 Å². The largest absolute Gasteiger partial charge is 0.478 e. The quantitative estimate of drug-likeness (QED) is 0.901. The highest BCUT2D eigenvalue weighted by molar-refractivity contribution is 5.89. The highest BCUT2D eigenvalue weighted by Crippen LogP contribution is 2.35. The fourth-order valence-electron chi connectivity index (χ4n) is 3.07. The van der Waals surface area contributed by atoms with Gasteiger partial charge in [-0.3, -0.25) is 0 Å². The summed E-state index contributed by atoms with van der Waals surface area (Å²) in [6.07, 6.45) is 2.23. The Labute approximate surface area is 124 Å². The minimum atomic E-state index is -0.876. The lowest BCUT2D eigenvalue weighted by Crippen LogP contribution is -2.25. The summed E-state index contributed by atoms with van der Waals surface area (Å²) in [5.74, 6) is -0.876. The SMILES string of the molecule is Cc1ccc2c(c1)CCCN2c1ccc(C(=O)O)cc1C. The Bertz CT molecular complexity index is 706. The molecule has 0 fully saturated rings. The molecule has 21 heavy (non-hydrogen) atoms. The molecule has 0 amide bonds. The van der Waals surface area contributed by atoms with Gasteiger partial charge in [0, 0.05) is 17.9 Å². The number of aromatic carboxylic acids is 1. The molecule has 0 saturated heterocycles. The Morgan fingerprint density at radius 2 is 1.86 bits per heavy atom. The van der Waals surface area contributed by atoms with E-state index < -0.39 is 5.97 Å². The van der Waals surface area contributed by atoms with Gasteiger partial charge in [-0.05, 0) is 62.1 Å². The molecule has 0 saturated carbocycles. The first kappa shape index (κ1) is 13.7. The maximum absolute atomic E-state index is 11.1. The first-order chi connectivity index (χ1) is 10.1. The van der Waals surface area contributed by atoms with Crippen LogP contribution in [0.25, 0.3) is 0 Å². The first-order valence-corrected chi connectivity index (χ1v) is 7.27. The third-order valence-electron chi connectivity index (χ3n) is 4.09. The molecule has 0 unspecified atom stereocenters. The van der Waals surface area contributed by atoms with Gasteiger partial charge >= 0.3 is 5.97 Å². The second-order valence-electron chi connectivity index (χ2n) is 5.69. The minimum Gasteiger partial charge on any atom is -0.478 e. The summed E-state index contributed by atoms with van der Waals surface area (Å²) in [6, 6.07) is 11.9. The maximum atomic E-state index is 11.1. The van der Waals surface area contributed by atoms with Crippen LogP contribution in [0.5, 0.6) is 0 Å². The van der Waals surface area contributed by atoms with E-state index >= 15 is 0 Å². The molecule has 1 aliphatic rings. The second kappa shape index (κ2) is 5.24. The van der Waals surface area contributed by atoms with Crippen molar-refractivity contribution in [2.45, 2.75) is 26.7 Å². The summed E-state index contributed by atoms with van der Waals surface area (Å²) in [4.78, 5) is 13.4. The molecule has 0 spiro atoms. The number of carboxylic acids is 1. The first-order valence-electron chi connectivity index (χ1n) is 7.27. The summed E-state index contributed by atoms with van der Waals surface area (Å²) in [7, 11) is 0. The van der Waals surface area contributed by atoms with Crippen molar-refractivity contribution < 1.29 is 9.90 Å². The fraction of sp³-hybridized carbons (Fsp3) is 0.278. The Hall–Kier alpha value is -2.29. The molecule has 3 nitrogen and oxygen atoms in total. The van der Waals surface area contributed by atoms with Crippen LogP contribution in [0.2, 0.25) is 0 Å². The van der Waals surface area contributed by atoms with Crippen molar-refractivity contribution in [1.82, 2.24) is 0 Å². The van der Waals surface area contributed by atoms with Crippen LogP contribution in [0.15, 0.2) is 36.4 Å². The Morgan fingerprint density at radius 1 is 1.10 bits per heavy atom. The standard InChI is InChI=1S/C18H19NO2/c1-12-5-7-17-14(10-12)4-3-9-19(17)16-8-6-15(18(20)21)11-13(16)2/h5-8,10-11H,3-4,9H2,1-2H3,(H,20,21). The number of carbonyl (C=O) groups is 1. The maximum Gasteiger partial charge on any atom is 0.335 e. The molecule has 0 atom stereocenters. The molecule has 1 N–H and O–H groups in total. The van der Waals surface area contributed by atoms with Crippen molar-refractivity contribution in [2.75, 3.05) is 11.4 Å². The number of aryl methyl sites for hydroxylation is 3. The van der Waals surface area contributed by atoms with Gasteiger partial charge in [-0.15, -0.1) is 0 Å². The van der Waals surface area contributed by atoms with E-state index in [1.54, 1.807) is 12.1 Å². The van der Waals surface area contributed by atoms with Crippen molar-refractivity contribution in [3.05, 3.63) is 58.7 Å². The molecule has 0 aromatic heterocycles. The lowest BCUT2D eigenvalue weighted by Gasteiger charge is -2.32. The van der Waals surface area contributed by atoms with Crippen LogP contribution in [-0.2, 0) is 6.42 Å². The Balaban J connectivity index is 2.05.